The van der Waals surface area contributed by atoms with Crippen molar-refractivity contribution in [2.75, 3.05) is 24.4 Å². The second-order valence-electron chi connectivity index (χ2n) is 4.27. The van der Waals surface area contributed by atoms with Crippen LogP contribution in [0, 0.1) is 6.92 Å². The first-order valence-corrected chi connectivity index (χ1v) is 7.08. The van der Waals surface area contributed by atoms with Crippen molar-refractivity contribution in [1.82, 2.24) is 4.98 Å². The standard InChI is InChI=1S/C14H17N3O2S/c1-10-13(20-9-16-10)7-15-11-3-5-12(6-4-11)17-14(18)8-19-2/h3-6,9,15H,7-8H2,1-2H3,(H,17,18). The fourth-order valence-corrected chi connectivity index (χ4v) is 2.39. The molecule has 20 heavy (non-hydrogen) atoms. The van der Waals surface area contributed by atoms with Crippen molar-refractivity contribution in [1.29, 1.82) is 0 Å². The summed E-state index contributed by atoms with van der Waals surface area (Å²) in [5.41, 5.74) is 4.67. The average molecular weight is 291 g/mol. The van der Waals surface area contributed by atoms with Crippen LogP contribution in [0.5, 0.6) is 0 Å². The van der Waals surface area contributed by atoms with E-state index in [0.717, 1.165) is 23.6 Å². The molecule has 6 heteroatoms. The van der Waals surface area contributed by atoms with Crippen LogP contribution in [0.2, 0.25) is 0 Å². The molecule has 0 saturated carbocycles. The minimum absolute atomic E-state index is 0.0602. The van der Waals surface area contributed by atoms with Gasteiger partial charge in [-0.05, 0) is 31.2 Å². The van der Waals surface area contributed by atoms with E-state index in [9.17, 15) is 4.79 Å². The number of thiazole rings is 1. The smallest absolute Gasteiger partial charge is 0.250 e. The third kappa shape index (κ3) is 4.04. The highest BCUT2D eigenvalue weighted by atomic mass is 32.1. The molecule has 2 aromatic rings. The van der Waals surface area contributed by atoms with Crippen LogP contribution in [-0.2, 0) is 16.1 Å². The minimum Gasteiger partial charge on any atom is -0.380 e. The molecule has 0 radical (unpaired) electrons. The van der Waals surface area contributed by atoms with Crippen molar-refractivity contribution in [3.05, 3.63) is 40.3 Å². The molecule has 1 amide bonds. The molecule has 1 aromatic carbocycles. The van der Waals surface area contributed by atoms with Crippen LogP contribution in [0.3, 0.4) is 0 Å². The van der Waals surface area contributed by atoms with Gasteiger partial charge in [-0.25, -0.2) is 4.98 Å². The lowest BCUT2D eigenvalue weighted by molar-refractivity contribution is -0.119. The van der Waals surface area contributed by atoms with Crippen molar-refractivity contribution in [2.45, 2.75) is 13.5 Å². The maximum Gasteiger partial charge on any atom is 0.250 e. The number of hydrogen-bond acceptors (Lipinski definition) is 5. The Kier molecular flexibility index (Phi) is 5.09. The second-order valence-corrected chi connectivity index (χ2v) is 5.21. The summed E-state index contributed by atoms with van der Waals surface area (Å²) in [5, 5.41) is 6.08. The fraction of sp³-hybridized carbons (Fsp3) is 0.286. The van der Waals surface area contributed by atoms with Gasteiger partial charge in [-0.3, -0.25) is 4.79 Å². The maximum absolute atomic E-state index is 11.4. The molecule has 0 fully saturated rings. The summed E-state index contributed by atoms with van der Waals surface area (Å²) in [7, 11) is 1.49. The maximum atomic E-state index is 11.4. The molecule has 0 bridgehead atoms. The van der Waals surface area contributed by atoms with Crippen LogP contribution < -0.4 is 10.6 Å². The largest absolute Gasteiger partial charge is 0.380 e. The van der Waals surface area contributed by atoms with Gasteiger partial charge in [-0.15, -0.1) is 11.3 Å². The molecule has 0 aliphatic rings. The monoisotopic (exact) mass is 291 g/mol. The van der Waals surface area contributed by atoms with E-state index in [1.54, 1.807) is 11.3 Å². The van der Waals surface area contributed by atoms with Gasteiger partial charge < -0.3 is 15.4 Å². The number of carbonyl (C=O) groups is 1. The number of hydrogen-bond donors (Lipinski definition) is 2. The van der Waals surface area contributed by atoms with E-state index in [0.29, 0.717) is 0 Å². The zero-order valence-corrected chi connectivity index (χ0v) is 12.3. The van der Waals surface area contributed by atoms with Gasteiger partial charge in [0, 0.05) is 23.4 Å². The molecule has 106 valence electrons. The van der Waals surface area contributed by atoms with Gasteiger partial charge in [0.15, 0.2) is 0 Å². The first-order chi connectivity index (χ1) is 9.69. The number of methoxy groups -OCH3 is 1. The van der Waals surface area contributed by atoms with Crippen LogP contribution >= 0.6 is 11.3 Å². The van der Waals surface area contributed by atoms with Crippen LogP contribution in [-0.4, -0.2) is 24.6 Å². The van der Waals surface area contributed by atoms with Crippen LogP contribution in [0.15, 0.2) is 29.8 Å². The van der Waals surface area contributed by atoms with Gasteiger partial charge in [0.2, 0.25) is 5.91 Å². The number of nitrogens with one attached hydrogen (secondary N) is 2. The summed E-state index contributed by atoms with van der Waals surface area (Å²) in [5.74, 6) is -0.159. The Morgan fingerprint density at radius 2 is 2.00 bits per heavy atom. The predicted octanol–water partition coefficient (Wildman–Crippen LogP) is 2.65. The highest BCUT2D eigenvalue weighted by Gasteiger charge is 2.03. The molecular formula is C14H17N3O2S. The van der Waals surface area contributed by atoms with Gasteiger partial charge in [0.1, 0.15) is 6.61 Å². The van der Waals surface area contributed by atoms with Crippen molar-refractivity contribution in [3.63, 3.8) is 0 Å². The first kappa shape index (κ1) is 14.5. The first-order valence-electron chi connectivity index (χ1n) is 6.20. The average Bonchev–Trinajstić information content (AvgIpc) is 2.84. The zero-order valence-electron chi connectivity index (χ0n) is 11.5. The molecule has 0 aliphatic carbocycles. The van der Waals surface area contributed by atoms with Crippen molar-refractivity contribution < 1.29 is 9.53 Å². The summed E-state index contributed by atoms with van der Waals surface area (Å²) in [6.45, 7) is 2.82. The molecule has 0 aliphatic heterocycles. The molecule has 0 saturated heterocycles. The van der Waals surface area contributed by atoms with Crippen molar-refractivity contribution in [2.24, 2.45) is 0 Å². The summed E-state index contributed by atoms with van der Waals surface area (Å²) in [6.07, 6.45) is 0. The van der Waals surface area contributed by atoms with Gasteiger partial charge in [0.05, 0.1) is 17.7 Å². The van der Waals surface area contributed by atoms with E-state index in [2.05, 4.69) is 15.6 Å². The lowest BCUT2D eigenvalue weighted by atomic mass is 10.2. The second kappa shape index (κ2) is 7.02. The third-order valence-corrected chi connectivity index (χ3v) is 3.68. The Balaban J connectivity index is 1.88. The normalized spacial score (nSPS) is 10.3. The Labute approximate surface area is 122 Å². The molecule has 1 heterocycles. The van der Waals surface area contributed by atoms with Crippen LogP contribution in [0.25, 0.3) is 0 Å². The van der Waals surface area contributed by atoms with Crippen molar-refractivity contribution >= 4 is 28.6 Å². The SMILES string of the molecule is COCC(=O)Nc1ccc(NCc2scnc2C)cc1. The minimum atomic E-state index is -0.159. The van der Waals surface area contributed by atoms with E-state index in [-0.39, 0.29) is 12.5 Å². The fourth-order valence-electron chi connectivity index (χ4n) is 1.68. The van der Waals surface area contributed by atoms with E-state index >= 15 is 0 Å². The number of aromatic nitrogens is 1. The molecule has 1 aromatic heterocycles. The molecule has 2 N–H and O–H groups in total. The van der Waals surface area contributed by atoms with Gasteiger partial charge in [0.25, 0.3) is 0 Å². The number of anilines is 2. The number of aryl methyl sites for hydroxylation is 1. The molecule has 0 spiro atoms. The Morgan fingerprint density at radius 1 is 1.30 bits per heavy atom. The zero-order chi connectivity index (χ0) is 14.4. The van der Waals surface area contributed by atoms with Gasteiger partial charge in [-0.1, -0.05) is 0 Å². The van der Waals surface area contributed by atoms with Gasteiger partial charge >= 0.3 is 0 Å². The lowest BCUT2D eigenvalue weighted by Gasteiger charge is -2.08. The van der Waals surface area contributed by atoms with E-state index in [1.807, 2.05) is 36.7 Å². The number of rotatable bonds is 6. The topological polar surface area (TPSA) is 63.2 Å². The summed E-state index contributed by atoms with van der Waals surface area (Å²) in [6, 6.07) is 7.57. The van der Waals surface area contributed by atoms with E-state index in [4.69, 9.17) is 4.74 Å². The molecular weight excluding hydrogens is 274 g/mol. The number of benzene rings is 1. The van der Waals surface area contributed by atoms with E-state index in [1.165, 1.54) is 12.0 Å². The van der Waals surface area contributed by atoms with Gasteiger partial charge in [-0.2, -0.15) is 0 Å². The summed E-state index contributed by atoms with van der Waals surface area (Å²) < 4.78 is 4.76. The van der Waals surface area contributed by atoms with Crippen molar-refractivity contribution in [3.8, 4) is 0 Å². The molecule has 2 rings (SSSR count). The lowest BCUT2D eigenvalue weighted by Crippen LogP contribution is -2.16. The number of ether oxygens (including phenoxy) is 1. The molecule has 0 unspecified atom stereocenters. The van der Waals surface area contributed by atoms with Crippen LogP contribution in [0.4, 0.5) is 11.4 Å². The highest BCUT2D eigenvalue weighted by Crippen LogP contribution is 2.17. The van der Waals surface area contributed by atoms with Crippen LogP contribution in [0.1, 0.15) is 10.6 Å². The Bertz CT molecular complexity index is 566. The molecule has 0 atom stereocenters. The molecule has 5 nitrogen and oxygen atoms in total. The predicted molar refractivity (Wildman–Crippen MR) is 81.1 cm³/mol. The van der Waals surface area contributed by atoms with E-state index < -0.39 is 0 Å². The Hall–Kier alpha value is -1.92. The number of nitrogens with zero attached hydrogens (tertiary/aromatic N) is 1. The summed E-state index contributed by atoms with van der Waals surface area (Å²) in [4.78, 5) is 16.8. The Morgan fingerprint density at radius 3 is 2.60 bits per heavy atom. The number of amides is 1. The third-order valence-electron chi connectivity index (χ3n) is 2.74. The quantitative estimate of drug-likeness (QED) is 0.859. The summed E-state index contributed by atoms with van der Waals surface area (Å²) >= 11 is 1.64. The number of carbonyl (C=O) groups excluding carboxylic acids is 1. The highest BCUT2D eigenvalue weighted by molar-refractivity contribution is 7.09.